The molecule has 0 radical (unpaired) electrons. The van der Waals surface area contributed by atoms with Gasteiger partial charge < -0.3 is 14.8 Å². The van der Waals surface area contributed by atoms with Gasteiger partial charge in [-0.05, 0) is 79.6 Å². The lowest BCUT2D eigenvalue weighted by Gasteiger charge is -2.20. The summed E-state index contributed by atoms with van der Waals surface area (Å²) in [5, 5.41) is 2.91. The highest BCUT2D eigenvalue weighted by atomic mass is 16.5. The number of fused-ring (bicyclic) bond motifs is 1. The van der Waals surface area contributed by atoms with Crippen molar-refractivity contribution in [3.05, 3.63) is 53.6 Å². The van der Waals surface area contributed by atoms with Crippen molar-refractivity contribution in [1.82, 2.24) is 0 Å². The fraction of sp³-hybridized carbons (Fsp3) is 0.381. The normalized spacial score (nSPS) is 14.3. The van der Waals surface area contributed by atoms with Crippen LogP contribution >= 0.6 is 0 Å². The molecule has 0 spiro atoms. The van der Waals surface area contributed by atoms with Crippen LogP contribution in [0, 0.1) is 0 Å². The molecule has 0 heterocycles. The molecule has 0 saturated carbocycles. The van der Waals surface area contributed by atoms with Crippen LogP contribution in [0.4, 0.5) is 5.69 Å². The van der Waals surface area contributed by atoms with E-state index in [1.807, 2.05) is 37.3 Å². The Morgan fingerprint density at radius 1 is 1.04 bits per heavy atom. The average molecular weight is 339 g/mol. The lowest BCUT2D eigenvalue weighted by atomic mass is 9.92. The SMILES string of the molecule is CC[C@H](Oc1ccc2c(c1)CCCC2)C(=O)Nc1ccc(OC)cc1. The van der Waals surface area contributed by atoms with Crippen LogP contribution in [0.15, 0.2) is 42.5 Å². The van der Waals surface area contributed by atoms with Crippen molar-refractivity contribution in [2.45, 2.75) is 45.1 Å². The third-order valence-corrected chi connectivity index (χ3v) is 4.62. The molecule has 2 aromatic carbocycles. The predicted molar refractivity (Wildman–Crippen MR) is 99.4 cm³/mol. The number of carbonyl (C=O) groups excluding carboxylic acids is 1. The fourth-order valence-electron chi connectivity index (χ4n) is 3.17. The van der Waals surface area contributed by atoms with Gasteiger partial charge in [0.05, 0.1) is 7.11 Å². The summed E-state index contributed by atoms with van der Waals surface area (Å²) in [6, 6.07) is 13.5. The molecule has 1 aliphatic carbocycles. The van der Waals surface area contributed by atoms with Crippen LogP contribution in [0.3, 0.4) is 0 Å². The average Bonchev–Trinajstić information content (AvgIpc) is 2.66. The van der Waals surface area contributed by atoms with Crippen molar-refractivity contribution >= 4 is 11.6 Å². The number of hydrogen-bond donors (Lipinski definition) is 1. The van der Waals surface area contributed by atoms with Gasteiger partial charge in [0, 0.05) is 5.69 Å². The number of ether oxygens (including phenoxy) is 2. The van der Waals surface area contributed by atoms with Crippen LogP contribution < -0.4 is 14.8 Å². The maximum Gasteiger partial charge on any atom is 0.265 e. The molecule has 4 heteroatoms. The van der Waals surface area contributed by atoms with Gasteiger partial charge in [-0.25, -0.2) is 0 Å². The number of amides is 1. The standard InChI is InChI=1S/C21H25NO3/c1-3-20(21(23)22-17-9-12-18(24-2)13-10-17)25-19-11-8-15-6-4-5-7-16(15)14-19/h8-14,20H,3-7H2,1-2H3,(H,22,23)/t20-/m0/s1. The van der Waals surface area contributed by atoms with Crippen LogP contribution in [0.1, 0.15) is 37.3 Å². The first kappa shape index (κ1) is 17.3. The Morgan fingerprint density at radius 3 is 2.40 bits per heavy atom. The van der Waals surface area contributed by atoms with Crippen LogP contribution in [-0.2, 0) is 17.6 Å². The molecule has 1 aliphatic rings. The quantitative estimate of drug-likeness (QED) is 0.850. The summed E-state index contributed by atoms with van der Waals surface area (Å²) in [6.45, 7) is 1.96. The smallest absolute Gasteiger partial charge is 0.265 e. The van der Waals surface area contributed by atoms with Gasteiger partial charge >= 0.3 is 0 Å². The first-order valence-electron chi connectivity index (χ1n) is 8.93. The van der Waals surface area contributed by atoms with Crippen molar-refractivity contribution in [3.63, 3.8) is 0 Å². The molecule has 1 atom stereocenters. The molecule has 132 valence electrons. The Bertz CT molecular complexity index is 724. The van der Waals surface area contributed by atoms with E-state index in [9.17, 15) is 4.79 Å². The zero-order chi connectivity index (χ0) is 17.6. The molecule has 0 unspecified atom stereocenters. The van der Waals surface area contributed by atoms with E-state index in [1.54, 1.807) is 7.11 Å². The number of carbonyl (C=O) groups is 1. The molecule has 2 aromatic rings. The van der Waals surface area contributed by atoms with E-state index in [4.69, 9.17) is 9.47 Å². The second-order valence-corrected chi connectivity index (χ2v) is 6.37. The summed E-state index contributed by atoms with van der Waals surface area (Å²) in [5.41, 5.74) is 3.50. The molecule has 0 saturated heterocycles. The highest BCUT2D eigenvalue weighted by Crippen LogP contribution is 2.26. The van der Waals surface area contributed by atoms with Crippen LogP contribution in [0.5, 0.6) is 11.5 Å². The highest BCUT2D eigenvalue weighted by molar-refractivity contribution is 5.94. The molecular formula is C21H25NO3. The Morgan fingerprint density at radius 2 is 1.72 bits per heavy atom. The second kappa shape index (κ2) is 8.06. The third kappa shape index (κ3) is 4.32. The third-order valence-electron chi connectivity index (χ3n) is 4.62. The zero-order valence-corrected chi connectivity index (χ0v) is 14.9. The number of hydrogen-bond acceptors (Lipinski definition) is 3. The zero-order valence-electron chi connectivity index (χ0n) is 14.9. The molecule has 0 aromatic heterocycles. The van der Waals surface area contributed by atoms with Gasteiger partial charge in [0.2, 0.25) is 0 Å². The molecule has 1 amide bonds. The maximum atomic E-state index is 12.5. The van der Waals surface area contributed by atoms with Crippen molar-refractivity contribution < 1.29 is 14.3 Å². The van der Waals surface area contributed by atoms with E-state index in [0.717, 1.165) is 30.0 Å². The van der Waals surface area contributed by atoms with Gasteiger partial charge in [0.25, 0.3) is 5.91 Å². The maximum absolute atomic E-state index is 12.5. The predicted octanol–water partition coefficient (Wildman–Crippen LogP) is 4.37. The van der Waals surface area contributed by atoms with Crippen molar-refractivity contribution in [2.75, 3.05) is 12.4 Å². The molecule has 4 nitrogen and oxygen atoms in total. The van der Waals surface area contributed by atoms with E-state index < -0.39 is 6.10 Å². The lowest BCUT2D eigenvalue weighted by molar-refractivity contribution is -0.122. The fourth-order valence-corrected chi connectivity index (χ4v) is 3.17. The largest absolute Gasteiger partial charge is 0.497 e. The van der Waals surface area contributed by atoms with E-state index in [1.165, 1.54) is 24.0 Å². The number of rotatable bonds is 6. The Balaban J connectivity index is 1.65. The van der Waals surface area contributed by atoms with E-state index in [0.29, 0.717) is 6.42 Å². The minimum Gasteiger partial charge on any atom is -0.497 e. The first-order valence-corrected chi connectivity index (χ1v) is 8.93. The number of benzene rings is 2. The molecule has 0 aliphatic heterocycles. The van der Waals surface area contributed by atoms with Gasteiger partial charge in [-0.1, -0.05) is 13.0 Å². The summed E-state index contributed by atoms with van der Waals surface area (Å²) in [6.07, 6.45) is 4.83. The summed E-state index contributed by atoms with van der Waals surface area (Å²) < 4.78 is 11.1. The molecule has 25 heavy (non-hydrogen) atoms. The number of methoxy groups -OCH3 is 1. The van der Waals surface area contributed by atoms with Crippen molar-refractivity contribution in [1.29, 1.82) is 0 Å². The Hall–Kier alpha value is -2.49. The van der Waals surface area contributed by atoms with Crippen LogP contribution in [0.25, 0.3) is 0 Å². The van der Waals surface area contributed by atoms with Crippen molar-refractivity contribution in [3.8, 4) is 11.5 Å². The van der Waals surface area contributed by atoms with Gasteiger partial charge in [0.15, 0.2) is 6.10 Å². The van der Waals surface area contributed by atoms with Gasteiger partial charge in [0.1, 0.15) is 11.5 Å². The Kier molecular flexibility index (Phi) is 5.59. The van der Waals surface area contributed by atoms with E-state index >= 15 is 0 Å². The summed E-state index contributed by atoms with van der Waals surface area (Å²) in [4.78, 5) is 12.5. The number of aryl methyl sites for hydroxylation is 2. The summed E-state index contributed by atoms with van der Waals surface area (Å²) in [7, 11) is 1.62. The summed E-state index contributed by atoms with van der Waals surface area (Å²) in [5.74, 6) is 1.40. The molecule has 1 N–H and O–H groups in total. The second-order valence-electron chi connectivity index (χ2n) is 6.37. The first-order chi connectivity index (χ1) is 12.2. The van der Waals surface area contributed by atoms with Gasteiger partial charge in [-0.3, -0.25) is 4.79 Å². The minimum atomic E-state index is -0.510. The van der Waals surface area contributed by atoms with E-state index in [-0.39, 0.29) is 5.91 Å². The highest BCUT2D eigenvalue weighted by Gasteiger charge is 2.19. The lowest BCUT2D eigenvalue weighted by Crippen LogP contribution is -2.32. The molecule has 3 rings (SSSR count). The summed E-state index contributed by atoms with van der Waals surface area (Å²) >= 11 is 0. The molecular weight excluding hydrogens is 314 g/mol. The van der Waals surface area contributed by atoms with E-state index in [2.05, 4.69) is 17.4 Å². The van der Waals surface area contributed by atoms with Crippen LogP contribution in [-0.4, -0.2) is 19.1 Å². The number of nitrogens with one attached hydrogen (secondary N) is 1. The minimum absolute atomic E-state index is 0.134. The molecule has 0 bridgehead atoms. The number of anilines is 1. The molecule has 0 fully saturated rings. The Labute approximate surface area is 149 Å². The van der Waals surface area contributed by atoms with Gasteiger partial charge in [-0.2, -0.15) is 0 Å². The topological polar surface area (TPSA) is 47.6 Å². The monoisotopic (exact) mass is 339 g/mol. The van der Waals surface area contributed by atoms with Crippen LogP contribution in [0.2, 0.25) is 0 Å². The van der Waals surface area contributed by atoms with Crippen molar-refractivity contribution in [2.24, 2.45) is 0 Å². The van der Waals surface area contributed by atoms with Gasteiger partial charge in [-0.15, -0.1) is 0 Å².